The van der Waals surface area contributed by atoms with Gasteiger partial charge in [-0.2, -0.15) is 13.2 Å². The molecule has 0 heterocycles. The van der Waals surface area contributed by atoms with Crippen LogP contribution in [0.15, 0.2) is 24.3 Å². The van der Waals surface area contributed by atoms with E-state index in [-0.39, 0.29) is 6.54 Å². The van der Waals surface area contributed by atoms with Crippen LogP contribution in [0.5, 0.6) is 0 Å². The van der Waals surface area contributed by atoms with Crippen LogP contribution in [0.1, 0.15) is 5.56 Å². The van der Waals surface area contributed by atoms with Crippen molar-refractivity contribution in [2.45, 2.75) is 6.18 Å². The molecule has 0 atom stereocenters. The second-order valence-corrected chi connectivity index (χ2v) is 3.25. The van der Waals surface area contributed by atoms with E-state index in [9.17, 15) is 18.0 Å². The fraction of sp³-hybridized carbons (Fsp3) is 0.300. The van der Waals surface area contributed by atoms with Gasteiger partial charge in [0.25, 0.3) is 0 Å². The van der Waals surface area contributed by atoms with E-state index < -0.39 is 17.7 Å². The van der Waals surface area contributed by atoms with Crippen LogP contribution in [0.2, 0.25) is 0 Å². The highest BCUT2D eigenvalue weighted by Crippen LogP contribution is 2.30. The molecule has 1 aromatic rings. The topological polar surface area (TPSA) is 55.6 Å². The Balaban J connectivity index is 2.77. The normalized spacial score (nSPS) is 11.1. The number of anilines is 1. The molecule has 7 heteroatoms. The largest absolute Gasteiger partial charge is 0.468 e. The number of methoxy groups -OCH3 is 1. The average Bonchev–Trinajstić information content (AvgIpc) is 2.27. The van der Waals surface area contributed by atoms with Crippen LogP contribution in [-0.4, -0.2) is 19.6 Å². The Hall–Kier alpha value is -1.76. The molecule has 0 spiro atoms. The Kier molecular flexibility index (Phi) is 3.95. The van der Waals surface area contributed by atoms with Gasteiger partial charge in [0.05, 0.1) is 18.4 Å². The Bertz CT molecular complexity index is 390. The van der Waals surface area contributed by atoms with Crippen molar-refractivity contribution in [3.63, 3.8) is 0 Å². The van der Waals surface area contributed by atoms with Gasteiger partial charge in [-0.05, 0) is 24.3 Å². The summed E-state index contributed by atoms with van der Waals surface area (Å²) in [6, 6.07) is 4.16. The number of hydrazine groups is 1. The number of rotatable bonds is 3. The summed E-state index contributed by atoms with van der Waals surface area (Å²) < 4.78 is 41.2. The van der Waals surface area contributed by atoms with E-state index >= 15 is 0 Å². The molecule has 0 aliphatic carbocycles. The number of carbonyl (C=O) groups excluding carboxylic acids is 1. The number of hydrogen-bond acceptors (Lipinski definition) is 4. The maximum absolute atomic E-state index is 12.3. The molecule has 0 unspecified atom stereocenters. The number of ether oxygens (including phenoxy) is 1. The molecular weight excluding hydrogens is 237 g/mol. The molecule has 1 aromatic carbocycles. The van der Waals surface area contributed by atoms with Crippen molar-refractivity contribution >= 4 is 11.7 Å². The summed E-state index contributed by atoms with van der Waals surface area (Å²) in [7, 11) is 1.20. The number of nitrogens with zero attached hydrogens (tertiary/aromatic N) is 1. The molecule has 4 nitrogen and oxygen atoms in total. The van der Waals surface area contributed by atoms with Crippen molar-refractivity contribution in [3.8, 4) is 0 Å². The third-order valence-electron chi connectivity index (χ3n) is 2.05. The Labute approximate surface area is 95.7 Å². The van der Waals surface area contributed by atoms with Gasteiger partial charge in [0.15, 0.2) is 0 Å². The number of esters is 1. The van der Waals surface area contributed by atoms with Crippen molar-refractivity contribution in [3.05, 3.63) is 29.8 Å². The van der Waals surface area contributed by atoms with E-state index in [2.05, 4.69) is 4.74 Å². The third-order valence-corrected chi connectivity index (χ3v) is 2.05. The number of nitrogens with two attached hydrogens (primary N) is 1. The molecule has 0 amide bonds. The smallest absolute Gasteiger partial charge is 0.416 e. The lowest BCUT2D eigenvalue weighted by Gasteiger charge is -2.17. The minimum atomic E-state index is -4.39. The van der Waals surface area contributed by atoms with Crippen LogP contribution in [0.25, 0.3) is 0 Å². The number of alkyl halides is 3. The zero-order valence-corrected chi connectivity index (χ0v) is 8.99. The van der Waals surface area contributed by atoms with Crippen LogP contribution in [0.4, 0.5) is 18.9 Å². The molecule has 2 N–H and O–H groups in total. The van der Waals surface area contributed by atoms with Gasteiger partial charge in [0, 0.05) is 0 Å². The van der Waals surface area contributed by atoms with Crippen LogP contribution in [0, 0.1) is 0 Å². The van der Waals surface area contributed by atoms with E-state index in [1.54, 1.807) is 0 Å². The van der Waals surface area contributed by atoms with E-state index in [1.807, 2.05) is 0 Å². The fourth-order valence-corrected chi connectivity index (χ4v) is 1.14. The second-order valence-electron chi connectivity index (χ2n) is 3.25. The minimum Gasteiger partial charge on any atom is -0.468 e. The van der Waals surface area contributed by atoms with Gasteiger partial charge < -0.3 is 4.74 Å². The molecule has 1 rings (SSSR count). The van der Waals surface area contributed by atoms with Crippen molar-refractivity contribution in [1.82, 2.24) is 0 Å². The molecule has 0 saturated carbocycles. The quantitative estimate of drug-likeness (QED) is 0.501. The first-order chi connectivity index (χ1) is 7.84. The summed E-state index contributed by atoms with van der Waals surface area (Å²) in [4.78, 5) is 10.9. The Morgan fingerprint density at radius 1 is 1.35 bits per heavy atom. The predicted octanol–water partition coefficient (Wildman–Crippen LogP) is 1.56. The fourth-order valence-electron chi connectivity index (χ4n) is 1.14. The summed E-state index contributed by atoms with van der Waals surface area (Å²) in [5, 5.41) is 1.01. The van der Waals surface area contributed by atoms with Crippen molar-refractivity contribution in [2.24, 2.45) is 5.84 Å². The van der Waals surface area contributed by atoms with Gasteiger partial charge in [0.2, 0.25) is 0 Å². The third kappa shape index (κ3) is 3.63. The van der Waals surface area contributed by atoms with Crippen LogP contribution in [0.3, 0.4) is 0 Å². The van der Waals surface area contributed by atoms with Crippen molar-refractivity contribution in [1.29, 1.82) is 0 Å². The monoisotopic (exact) mass is 248 g/mol. The highest BCUT2D eigenvalue weighted by molar-refractivity contribution is 5.75. The summed E-state index contributed by atoms with van der Waals surface area (Å²) in [6.07, 6.45) is -4.39. The number of hydrogen-bond donors (Lipinski definition) is 1. The molecule has 0 saturated heterocycles. The van der Waals surface area contributed by atoms with Crippen LogP contribution >= 0.6 is 0 Å². The molecule has 0 radical (unpaired) electrons. The first kappa shape index (κ1) is 13.3. The van der Waals surface area contributed by atoms with Gasteiger partial charge in [-0.3, -0.25) is 9.80 Å². The highest BCUT2D eigenvalue weighted by Gasteiger charge is 2.30. The highest BCUT2D eigenvalue weighted by atomic mass is 19.4. The van der Waals surface area contributed by atoms with Gasteiger partial charge in [-0.15, -0.1) is 0 Å². The zero-order valence-electron chi connectivity index (χ0n) is 8.99. The first-order valence-corrected chi connectivity index (χ1v) is 4.61. The number of benzene rings is 1. The number of carbonyl (C=O) groups is 1. The summed E-state index contributed by atoms with van der Waals surface area (Å²) in [5.41, 5.74) is -0.476. The van der Waals surface area contributed by atoms with Gasteiger partial charge in [-0.1, -0.05) is 0 Å². The summed E-state index contributed by atoms with van der Waals surface area (Å²) >= 11 is 0. The molecule has 0 fully saturated rings. The van der Waals surface area contributed by atoms with E-state index in [0.717, 1.165) is 17.1 Å². The SMILES string of the molecule is COC(=O)CN(N)c1ccc(C(F)(F)F)cc1. The first-order valence-electron chi connectivity index (χ1n) is 4.61. The predicted molar refractivity (Wildman–Crippen MR) is 55.0 cm³/mol. The molecular formula is C10H11F3N2O2. The Morgan fingerprint density at radius 2 is 1.88 bits per heavy atom. The summed E-state index contributed by atoms with van der Waals surface area (Å²) in [6.45, 7) is -0.234. The molecule has 94 valence electrons. The van der Waals surface area contributed by atoms with E-state index in [0.29, 0.717) is 5.69 Å². The molecule has 0 aliphatic rings. The maximum Gasteiger partial charge on any atom is 0.416 e. The average molecular weight is 248 g/mol. The van der Waals surface area contributed by atoms with Gasteiger partial charge in [0.1, 0.15) is 6.54 Å². The summed E-state index contributed by atoms with van der Waals surface area (Å²) in [5.74, 6) is 4.91. The van der Waals surface area contributed by atoms with Crippen LogP contribution in [-0.2, 0) is 15.7 Å². The van der Waals surface area contributed by atoms with Crippen LogP contribution < -0.4 is 10.9 Å². The maximum atomic E-state index is 12.3. The lowest BCUT2D eigenvalue weighted by molar-refractivity contribution is -0.139. The molecule has 17 heavy (non-hydrogen) atoms. The Morgan fingerprint density at radius 3 is 2.29 bits per heavy atom. The van der Waals surface area contributed by atoms with E-state index in [4.69, 9.17) is 5.84 Å². The lowest BCUT2D eigenvalue weighted by atomic mass is 10.2. The van der Waals surface area contributed by atoms with Crippen molar-refractivity contribution in [2.75, 3.05) is 18.7 Å². The van der Waals surface area contributed by atoms with Gasteiger partial charge in [-0.25, -0.2) is 5.84 Å². The standard InChI is InChI=1S/C10H11F3N2O2/c1-17-9(16)6-15(14)8-4-2-7(3-5-8)10(11,12)13/h2-5H,6,14H2,1H3. The zero-order chi connectivity index (χ0) is 13.1. The lowest BCUT2D eigenvalue weighted by Crippen LogP contribution is -2.36. The van der Waals surface area contributed by atoms with Crippen molar-refractivity contribution < 1.29 is 22.7 Å². The minimum absolute atomic E-state index is 0.234. The van der Waals surface area contributed by atoms with E-state index in [1.165, 1.54) is 19.2 Å². The number of halogens is 3. The second kappa shape index (κ2) is 5.05. The van der Waals surface area contributed by atoms with Gasteiger partial charge >= 0.3 is 12.1 Å². The molecule has 0 aromatic heterocycles. The molecule has 0 bridgehead atoms. The molecule has 0 aliphatic heterocycles.